The summed E-state index contributed by atoms with van der Waals surface area (Å²) in [4.78, 5) is 11.2. The standard InChI is InChI=1S/C4H8N6OS2/c1-6-13-8-4(11)3-2-10(12-5)9-7-3/h2,6H,5H2,1H3,(H,8,11). The molecule has 0 aliphatic carbocycles. The highest BCUT2D eigenvalue weighted by molar-refractivity contribution is 7.96. The van der Waals surface area contributed by atoms with Crippen molar-refractivity contribution in [2.75, 3.05) is 7.05 Å². The minimum absolute atomic E-state index is 0.223. The molecule has 1 heterocycles. The number of hydrogen-bond donors (Lipinski definition) is 3. The van der Waals surface area contributed by atoms with E-state index in [4.69, 9.17) is 5.14 Å². The number of nitrogens with one attached hydrogen (secondary N) is 2. The average Bonchev–Trinajstić information content (AvgIpc) is 2.62. The molecule has 0 spiro atoms. The molecule has 9 heteroatoms. The maximum Gasteiger partial charge on any atom is 0.284 e. The third-order valence-electron chi connectivity index (χ3n) is 1.06. The Morgan fingerprint density at radius 2 is 2.54 bits per heavy atom. The van der Waals surface area contributed by atoms with Crippen molar-refractivity contribution >= 4 is 30.2 Å². The Balaban J connectivity index is 2.55. The molecule has 1 aromatic rings. The van der Waals surface area contributed by atoms with Gasteiger partial charge in [0.25, 0.3) is 5.91 Å². The molecule has 0 bridgehead atoms. The van der Waals surface area contributed by atoms with Gasteiger partial charge in [-0.1, -0.05) is 5.21 Å². The fraction of sp³-hybridized carbons (Fsp3) is 0.250. The topological polar surface area (TPSA) is 97.9 Å². The van der Waals surface area contributed by atoms with E-state index in [1.165, 1.54) is 10.3 Å². The normalized spacial score (nSPS) is 10.0. The SMILES string of the molecule is CNSNC(=O)c1cn(SN)nn1. The number of aromatic nitrogens is 3. The molecule has 4 N–H and O–H groups in total. The van der Waals surface area contributed by atoms with E-state index < -0.39 is 0 Å². The molecule has 1 rings (SSSR count). The number of carbonyl (C=O) groups is 1. The summed E-state index contributed by atoms with van der Waals surface area (Å²) in [7, 11) is 1.69. The zero-order chi connectivity index (χ0) is 9.68. The van der Waals surface area contributed by atoms with Gasteiger partial charge in [-0.15, -0.1) is 5.10 Å². The monoisotopic (exact) mass is 220 g/mol. The van der Waals surface area contributed by atoms with Crippen LogP contribution in [-0.2, 0) is 0 Å². The molecule has 0 unspecified atom stereocenters. The van der Waals surface area contributed by atoms with Gasteiger partial charge in [0.2, 0.25) is 0 Å². The van der Waals surface area contributed by atoms with Gasteiger partial charge in [0.15, 0.2) is 5.69 Å². The van der Waals surface area contributed by atoms with Gasteiger partial charge in [-0.25, -0.2) is 4.72 Å². The van der Waals surface area contributed by atoms with E-state index >= 15 is 0 Å². The minimum Gasteiger partial charge on any atom is -0.281 e. The van der Waals surface area contributed by atoms with Gasteiger partial charge in [0.1, 0.15) is 0 Å². The van der Waals surface area contributed by atoms with Crippen LogP contribution >= 0.6 is 24.3 Å². The van der Waals surface area contributed by atoms with Gasteiger partial charge in [-0.05, 0) is 7.05 Å². The predicted octanol–water partition coefficient (Wildman–Crippen LogP) is -0.840. The Kier molecular flexibility index (Phi) is 4.02. The van der Waals surface area contributed by atoms with Crippen molar-refractivity contribution in [2.24, 2.45) is 5.14 Å². The molecule has 72 valence electrons. The third-order valence-corrected chi connectivity index (χ3v) is 1.95. The van der Waals surface area contributed by atoms with Crippen molar-refractivity contribution in [2.45, 2.75) is 0 Å². The van der Waals surface area contributed by atoms with Gasteiger partial charge in [-0.3, -0.25) is 14.7 Å². The molecule has 0 aliphatic heterocycles. The minimum atomic E-state index is -0.320. The summed E-state index contributed by atoms with van der Waals surface area (Å²) in [6, 6.07) is 0. The summed E-state index contributed by atoms with van der Waals surface area (Å²) in [6.45, 7) is 0. The molecule has 1 aromatic heterocycles. The van der Waals surface area contributed by atoms with Crippen LogP contribution in [0.5, 0.6) is 0 Å². The zero-order valence-electron chi connectivity index (χ0n) is 6.72. The van der Waals surface area contributed by atoms with Crippen molar-refractivity contribution in [1.29, 1.82) is 0 Å². The summed E-state index contributed by atoms with van der Waals surface area (Å²) in [5, 5.41) is 12.4. The van der Waals surface area contributed by atoms with Crippen molar-refractivity contribution in [3.63, 3.8) is 0 Å². The van der Waals surface area contributed by atoms with E-state index in [9.17, 15) is 4.79 Å². The number of carbonyl (C=O) groups excluding carboxylic acids is 1. The summed E-state index contributed by atoms with van der Waals surface area (Å²) >= 11 is 1.93. The van der Waals surface area contributed by atoms with Gasteiger partial charge in [0, 0.05) is 12.1 Å². The molecule has 0 aromatic carbocycles. The predicted molar refractivity (Wildman–Crippen MR) is 51.3 cm³/mol. The van der Waals surface area contributed by atoms with E-state index in [1.807, 2.05) is 0 Å². The van der Waals surface area contributed by atoms with Crippen LogP contribution in [0.1, 0.15) is 10.5 Å². The van der Waals surface area contributed by atoms with E-state index in [0.717, 1.165) is 24.3 Å². The lowest BCUT2D eigenvalue weighted by molar-refractivity contribution is 0.0979. The van der Waals surface area contributed by atoms with Crippen LogP contribution in [0.2, 0.25) is 0 Å². The fourth-order valence-corrected chi connectivity index (χ4v) is 1.09. The van der Waals surface area contributed by atoms with Gasteiger partial charge >= 0.3 is 0 Å². The highest BCUT2D eigenvalue weighted by atomic mass is 32.2. The second kappa shape index (κ2) is 5.07. The molecule has 0 atom stereocenters. The molecule has 1 amide bonds. The van der Waals surface area contributed by atoms with Gasteiger partial charge < -0.3 is 0 Å². The van der Waals surface area contributed by atoms with Crippen LogP contribution < -0.4 is 14.6 Å². The van der Waals surface area contributed by atoms with Crippen LogP contribution in [0.25, 0.3) is 0 Å². The van der Waals surface area contributed by atoms with Gasteiger partial charge in [-0.2, -0.15) is 4.09 Å². The molecule has 0 radical (unpaired) electrons. The summed E-state index contributed by atoms with van der Waals surface area (Å²) < 4.78 is 6.47. The molecule has 0 saturated heterocycles. The van der Waals surface area contributed by atoms with Crippen molar-refractivity contribution in [3.05, 3.63) is 11.9 Å². The smallest absolute Gasteiger partial charge is 0.281 e. The lowest BCUT2D eigenvalue weighted by Crippen LogP contribution is -2.19. The Morgan fingerprint density at radius 1 is 1.77 bits per heavy atom. The molecule has 13 heavy (non-hydrogen) atoms. The Hall–Kier alpha value is -0.770. The second-order valence-electron chi connectivity index (χ2n) is 1.85. The van der Waals surface area contributed by atoms with Crippen LogP contribution in [0, 0.1) is 0 Å². The third kappa shape index (κ3) is 2.88. The maximum absolute atomic E-state index is 11.2. The van der Waals surface area contributed by atoms with Crippen molar-refractivity contribution in [1.82, 2.24) is 23.8 Å². The summed E-state index contributed by atoms with van der Waals surface area (Å²) in [6.07, 6.45) is 1.44. The lowest BCUT2D eigenvalue weighted by atomic mass is 10.5. The number of nitrogens with two attached hydrogens (primary N) is 1. The molecular weight excluding hydrogens is 212 g/mol. The maximum atomic E-state index is 11.2. The summed E-state index contributed by atoms with van der Waals surface area (Å²) in [5.41, 5.74) is 0.223. The molecular formula is C4H8N6OS2. The zero-order valence-corrected chi connectivity index (χ0v) is 8.35. The number of rotatable bonds is 4. The van der Waals surface area contributed by atoms with Crippen LogP contribution in [0.15, 0.2) is 6.20 Å². The first-order valence-corrected chi connectivity index (χ1v) is 4.85. The van der Waals surface area contributed by atoms with E-state index in [1.54, 1.807) is 7.05 Å². The van der Waals surface area contributed by atoms with Crippen LogP contribution in [-0.4, -0.2) is 27.4 Å². The number of hydrogen-bond acceptors (Lipinski definition) is 7. The summed E-state index contributed by atoms with van der Waals surface area (Å²) in [5.74, 6) is -0.320. The van der Waals surface area contributed by atoms with Crippen molar-refractivity contribution in [3.8, 4) is 0 Å². The second-order valence-corrected chi connectivity index (χ2v) is 3.25. The fourth-order valence-electron chi connectivity index (χ4n) is 0.554. The highest BCUT2D eigenvalue weighted by Crippen LogP contribution is 1.98. The first kappa shape index (κ1) is 10.3. The van der Waals surface area contributed by atoms with E-state index in [-0.39, 0.29) is 11.6 Å². The first-order valence-electron chi connectivity index (χ1n) is 3.20. The Labute approximate surface area is 83.3 Å². The Bertz CT molecular complexity index is 288. The van der Waals surface area contributed by atoms with E-state index in [2.05, 4.69) is 19.8 Å². The lowest BCUT2D eigenvalue weighted by Gasteiger charge is -1.97. The van der Waals surface area contributed by atoms with Crippen LogP contribution in [0.4, 0.5) is 0 Å². The molecule has 0 aliphatic rings. The largest absolute Gasteiger partial charge is 0.284 e. The van der Waals surface area contributed by atoms with Crippen LogP contribution in [0.3, 0.4) is 0 Å². The number of amides is 1. The van der Waals surface area contributed by atoms with Gasteiger partial charge in [0.05, 0.1) is 18.3 Å². The van der Waals surface area contributed by atoms with E-state index in [0.29, 0.717) is 0 Å². The quantitative estimate of drug-likeness (QED) is 0.569. The molecule has 0 fully saturated rings. The molecule has 0 saturated carbocycles. The highest BCUT2D eigenvalue weighted by Gasteiger charge is 2.09. The van der Waals surface area contributed by atoms with Crippen molar-refractivity contribution < 1.29 is 4.79 Å². The number of nitrogens with zero attached hydrogens (tertiary/aromatic N) is 3. The Morgan fingerprint density at radius 3 is 3.08 bits per heavy atom. The average molecular weight is 220 g/mol. The molecule has 7 nitrogen and oxygen atoms in total. The first-order chi connectivity index (χ1) is 6.27.